The number of nitrogens with two attached hydrogens (primary N) is 2. The molecule has 8 nitrogen and oxygen atoms in total. The number of carbonyl (C=O) groups excluding carboxylic acids is 1. The zero-order valence-corrected chi connectivity index (χ0v) is 9.36. The number of carbonyl (C=O) groups is 1. The predicted octanol–water partition coefficient (Wildman–Crippen LogP) is -2.65. The molecule has 0 saturated carbocycles. The maximum Gasteiger partial charge on any atom is 0.404 e. The van der Waals surface area contributed by atoms with Crippen molar-refractivity contribution in [2.24, 2.45) is 11.5 Å². The molecule has 10 heteroatoms. The molecular weight excluding hydrogens is 248 g/mol. The molecule has 0 aromatic rings. The van der Waals surface area contributed by atoms with E-state index in [1.807, 2.05) is 0 Å². The zero-order valence-electron chi connectivity index (χ0n) is 7.57. The minimum absolute atomic E-state index is 0.202. The van der Waals surface area contributed by atoms with Crippen LogP contribution in [0.1, 0.15) is 6.42 Å². The topological polar surface area (TPSA) is 147 Å². The summed E-state index contributed by atoms with van der Waals surface area (Å²) in [6, 6.07) is 0. The zero-order chi connectivity index (χ0) is 12.0. The first-order valence-corrected chi connectivity index (χ1v) is 6.30. The van der Waals surface area contributed by atoms with Gasteiger partial charge in [-0.25, -0.2) is 21.6 Å². The first-order valence-electron chi connectivity index (χ1n) is 3.81. The summed E-state index contributed by atoms with van der Waals surface area (Å²) in [5.41, 5.74) is 9.75. The molecule has 0 bridgehead atoms. The third kappa shape index (κ3) is 5.54. The van der Waals surface area contributed by atoms with Crippen LogP contribution in [0, 0.1) is 0 Å². The Hall–Kier alpha value is -0.870. The van der Waals surface area contributed by atoms with Crippen LogP contribution in [-0.2, 0) is 26.1 Å². The van der Waals surface area contributed by atoms with Crippen molar-refractivity contribution in [3.63, 3.8) is 0 Å². The molecular formula is C5H12N2O6S2. The Kier molecular flexibility index (Phi) is 6.20. The van der Waals surface area contributed by atoms with E-state index in [1.165, 1.54) is 0 Å². The molecule has 1 amide bonds. The smallest absolute Gasteiger partial charge is 0.404 e. The van der Waals surface area contributed by atoms with Gasteiger partial charge in [-0.15, -0.1) is 0 Å². The van der Waals surface area contributed by atoms with Gasteiger partial charge >= 0.3 is 6.09 Å². The molecule has 4 N–H and O–H groups in total. The van der Waals surface area contributed by atoms with Gasteiger partial charge in [-0.1, -0.05) is 0 Å². The van der Waals surface area contributed by atoms with Gasteiger partial charge in [0.1, 0.15) is 16.1 Å². The monoisotopic (exact) mass is 260 g/mol. The molecule has 2 atom stereocenters. The maximum absolute atomic E-state index is 10.6. The molecule has 0 radical (unpaired) electrons. The molecule has 0 aromatic carbocycles. The molecule has 0 spiro atoms. The minimum Gasteiger partial charge on any atom is -0.450 e. The van der Waals surface area contributed by atoms with Crippen molar-refractivity contribution in [3.05, 3.63) is 0 Å². The van der Waals surface area contributed by atoms with Gasteiger partial charge in [-0.2, -0.15) is 0 Å². The summed E-state index contributed by atoms with van der Waals surface area (Å²) in [6.45, 7) is -0.291. The molecule has 90 valence electrons. The van der Waals surface area contributed by atoms with Gasteiger partial charge in [-0.3, -0.25) is 0 Å². The van der Waals surface area contributed by atoms with Crippen LogP contribution in [-0.4, -0.2) is 40.2 Å². The molecule has 15 heavy (non-hydrogen) atoms. The summed E-state index contributed by atoms with van der Waals surface area (Å²) in [5.74, 6) is 0. The predicted molar refractivity (Wildman–Crippen MR) is 52.5 cm³/mol. The summed E-state index contributed by atoms with van der Waals surface area (Å²) in [4.78, 5) is 10.2. The van der Waals surface area contributed by atoms with Crippen LogP contribution in [0.4, 0.5) is 4.79 Å². The van der Waals surface area contributed by atoms with Crippen LogP contribution in [0.15, 0.2) is 0 Å². The van der Waals surface area contributed by atoms with Crippen molar-refractivity contribution in [1.29, 1.82) is 0 Å². The fourth-order valence-corrected chi connectivity index (χ4v) is 2.47. The van der Waals surface area contributed by atoms with Crippen LogP contribution in [0.2, 0.25) is 0 Å². The van der Waals surface area contributed by atoms with E-state index in [0.717, 1.165) is 0 Å². The van der Waals surface area contributed by atoms with Gasteiger partial charge in [0.05, 0.1) is 11.9 Å². The van der Waals surface area contributed by atoms with E-state index < -0.39 is 38.1 Å². The normalized spacial score (nSPS) is 15.1. The van der Waals surface area contributed by atoms with Crippen molar-refractivity contribution < 1.29 is 26.4 Å². The Labute approximate surface area is 89.5 Å². The molecule has 0 aromatic heterocycles. The van der Waals surface area contributed by atoms with Crippen molar-refractivity contribution in [2.45, 2.75) is 17.0 Å². The Morgan fingerprint density at radius 2 is 1.73 bits per heavy atom. The van der Waals surface area contributed by atoms with Gasteiger partial charge in [0.2, 0.25) is 0 Å². The summed E-state index contributed by atoms with van der Waals surface area (Å²) in [7, 11) is -6.05. The van der Waals surface area contributed by atoms with Gasteiger partial charge in [0.15, 0.2) is 10.7 Å². The summed E-state index contributed by atoms with van der Waals surface area (Å²) < 4.78 is 46.5. The van der Waals surface area contributed by atoms with Crippen molar-refractivity contribution in [1.82, 2.24) is 0 Å². The highest BCUT2D eigenvalue weighted by molar-refractivity contribution is 7.77. The highest BCUT2D eigenvalue weighted by atomic mass is 32.2. The Morgan fingerprint density at radius 1 is 1.20 bits per heavy atom. The molecule has 0 heterocycles. The van der Waals surface area contributed by atoms with E-state index >= 15 is 0 Å². The number of hydrogen-bond acceptors (Lipinski definition) is 7. The van der Waals surface area contributed by atoms with Gasteiger partial charge < -0.3 is 16.2 Å². The van der Waals surface area contributed by atoms with E-state index in [0.29, 0.717) is 0 Å². The number of amides is 1. The second kappa shape index (κ2) is 6.58. The quantitative estimate of drug-likeness (QED) is 0.381. The number of thiol groups is 2. The molecule has 0 fully saturated rings. The second-order valence-electron chi connectivity index (χ2n) is 2.58. The molecule has 0 aliphatic carbocycles. The maximum atomic E-state index is 10.6. The SMILES string of the molecule is NC(=O)OCCC(C(N)[SH](=O)=O)[SH](=O)=O. The fraction of sp³-hybridized carbons (Fsp3) is 0.800. The highest BCUT2D eigenvalue weighted by Crippen LogP contribution is 2.03. The lowest BCUT2D eigenvalue weighted by molar-refractivity contribution is 0.155. The van der Waals surface area contributed by atoms with E-state index in [-0.39, 0.29) is 13.0 Å². The largest absolute Gasteiger partial charge is 0.450 e. The molecule has 0 saturated heterocycles. The average Bonchev–Trinajstić information content (AvgIpc) is 2.10. The summed E-state index contributed by atoms with van der Waals surface area (Å²) in [6.07, 6.45) is -1.26. The first kappa shape index (κ1) is 14.1. The first-order chi connectivity index (χ1) is 6.86. The number of ether oxygens (including phenoxy) is 1. The van der Waals surface area contributed by atoms with Crippen LogP contribution >= 0.6 is 0 Å². The highest BCUT2D eigenvalue weighted by Gasteiger charge is 2.23. The third-order valence-corrected chi connectivity index (χ3v) is 3.77. The van der Waals surface area contributed by atoms with E-state index in [4.69, 9.17) is 5.73 Å². The molecule has 0 rings (SSSR count). The number of rotatable bonds is 6. The fourth-order valence-electron chi connectivity index (χ4n) is 0.822. The van der Waals surface area contributed by atoms with Crippen molar-refractivity contribution >= 4 is 27.5 Å². The Bertz CT molecular complexity index is 347. The number of primary amides is 1. The van der Waals surface area contributed by atoms with Crippen LogP contribution in [0.25, 0.3) is 0 Å². The number of hydrogen-bond donors (Lipinski definition) is 4. The lowest BCUT2D eigenvalue weighted by Gasteiger charge is -2.12. The third-order valence-electron chi connectivity index (χ3n) is 1.57. The molecule has 0 aliphatic rings. The molecule has 0 aliphatic heterocycles. The van der Waals surface area contributed by atoms with Crippen LogP contribution in [0.5, 0.6) is 0 Å². The lowest BCUT2D eigenvalue weighted by atomic mass is 10.3. The molecule has 2 unspecified atom stereocenters. The van der Waals surface area contributed by atoms with Crippen LogP contribution in [0.3, 0.4) is 0 Å². The van der Waals surface area contributed by atoms with Gasteiger partial charge in [0.25, 0.3) is 0 Å². The van der Waals surface area contributed by atoms with E-state index in [9.17, 15) is 21.6 Å². The summed E-state index contributed by atoms with van der Waals surface area (Å²) in [5, 5.41) is -2.78. The second-order valence-corrected chi connectivity index (χ2v) is 4.99. The van der Waals surface area contributed by atoms with Crippen molar-refractivity contribution in [3.8, 4) is 0 Å². The Morgan fingerprint density at radius 3 is 2.07 bits per heavy atom. The Balaban J connectivity index is 4.36. The lowest BCUT2D eigenvalue weighted by Crippen LogP contribution is -2.38. The van der Waals surface area contributed by atoms with Crippen molar-refractivity contribution in [2.75, 3.05) is 6.61 Å². The van der Waals surface area contributed by atoms with Gasteiger partial charge in [-0.05, 0) is 0 Å². The minimum atomic E-state index is -3.04. The van der Waals surface area contributed by atoms with Gasteiger partial charge in [0, 0.05) is 6.42 Å². The summed E-state index contributed by atoms with van der Waals surface area (Å²) >= 11 is 0. The average molecular weight is 260 g/mol. The van der Waals surface area contributed by atoms with Crippen LogP contribution < -0.4 is 11.5 Å². The van der Waals surface area contributed by atoms with E-state index in [1.54, 1.807) is 0 Å². The van der Waals surface area contributed by atoms with E-state index in [2.05, 4.69) is 10.5 Å². The standard InChI is InChI=1S/C5H12N2O6S2/c6-4(15(11)12)3(14(9)10)1-2-13-5(7)8/h3-4,14-15H,1-2,6H2,(H2,7,8).